The zero-order valence-corrected chi connectivity index (χ0v) is 16.2. The topological polar surface area (TPSA) is 114 Å². The summed E-state index contributed by atoms with van der Waals surface area (Å²) in [4.78, 5) is 31.9. The number of likely N-dealkylation sites (N-methyl/N-ethyl adjacent to an activating group) is 1. The third-order valence-corrected chi connectivity index (χ3v) is 5.61. The Labute approximate surface area is 158 Å². The van der Waals surface area contributed by atoms with Crippen LogP contribution in [0, 0.1) is 0 Å². The SMILES string of the molecule is CN(C)CC(=O)N1CCC2(CC1)C[C@@](C)(O)[C@H](n1ccc(N)nc1=O)CO2. The van der Waals surface area contributed by atoms with E-state index in [2.05, 4.69) is 4.98 Å². The van der Waals surface area contributed by atoms with Crippen molar-refractivity contribution in [3.8, 4) is 0 Å². The van der Waals surface area contributed by atoms with E-state index in [1.165, 1.54) is 10.6 Å². The number of rotatable bonds is 3. The monoisotopic (exact) mass is 379 g/mol. The van der Waals surface area contributed by atoms with Crippen LogP contribution in [0.1, 0.15) is 32.2 Å². The number of ether oxygens (including phenoxy) is 1. The molecule has 0 aliphatic carbocycles. The number of piperidine rings is 1. The number of hydrogen-bond donors (Lipinski definition) is 2. The molecule has 0 unspecified atom stereocenters. The summed E-state index contributed by atoms with van der Waals surface area (Å²) < 4.78 is 7.56. The Morgan fingerprint density at radius 3 is 2.67 bits per heavy atom. The predicted molar refractivity (Wildman–Crippen MR) is 100 cm³/mol. The van der Waals surface area contributed by atoms with E-state index < -0.39 is 22.9 Å². The molecule has 2 aliphatic rings. The lowest BCUT2D eigenvalue weighted by molar-refractivity contribution is -0.198. The number of carbonyl (C=O) groups excluding carboxylic acids is 1. The molecule has 150 valence electrons. The van der Waals surface area contributed by atoms with E-state index in [1.807, 2.05) is 23.9 Å². The first kappa shape index (κ1) is 19.8. The van der Waals surface area contributed by atoms with Crippen LogP contribution >= 0.6 is 0 Å². The minimum absolute atomic E-state index is 0.106. The van der Waals surface area contributed by atoms with Crippen molar-refractivity contribution >= 4 is 11.7 Å². The molecular formula is C18H29N5O4. The number of amides is 1. The Hall–Kier alpha value is -1.97. The van der Waals surface area contributed by atoms with Crippen LogP contribution in [0.5, 0.6) is 0 Å². The van der Waals surface area contributed by atoms with Crippen molar-refractivity contribution in [3.05, 3.63) is 22.7 Å². The van der Waals surface area contributed by atoms with E-state index >= 15 is 0 Å². The number of nitrogen functional groups attached to an aromatic ring is 1. The second kappa shape index (κ2) is 7.21. The van der Waals surface area contributed by atoms with E-state index in [0.29, 0.717) is 38.9 Å². The van der Waals surface area contributed by atoms with Crippen LogP contribution in [0.25, 0.3) is 0 Å². The van der Waals surface area contributed by atoms with Crippen LogP contribution in [-0.2, 0) is 9.53 Å². The summed E-state index contributed by atoms with van der Waals surface area (Å²) in [5.74, 6) is 0.258. The summed E-state index contributed by atoms with van der Waals surface area (Å²) >= 11 is 0. The zero-order chi connectivity index (χ0) is 19.8. The minimum atomic E-state index is -1.13. The van der Waals surface area contributed by atoms with Gasteiger partial charge in [0.05, 0.1) is 30.4 Å². The highest BCUT2D eigenvalue weighted by Gasteiger charge is 2.50. The van der Waals surface area contributed by atoms with Crippen molar-refractivity contribution in [2.24, 2.45) is 0 Å². The first-order chi connectivity index (χ1) is 12.6. The molecule has 2 fully saturated rings. The lowest BCUT2D eigenvalue weighted by Gasteiger charge is -2.51. The summed E-state index contributed by atoms with van der Waals surface area (Å²) in [5.41, 5.74) is 3.45. The smallest absolute Gasteiger partial charge is 0.349 e. The highest BCUT2D eigenvalue weighted by Crippen LogP contribution is 2.43. The third-order valence-electron chi connectivity index (χ3n) is 5.61. The second-order valence-corrected chi connectivity index (χ2v) is 8.20. The van der Waals surface area contributed by atoms with Crippen LogP contribution in [0.15, 0.2) is 17.1 Å². The fraction of sp³-hybridized carbons (Fsp3) is 0.722. The van der Waals surface area contributed by atoms with Crippen molar-refractivity contribution in [3.63, 3.8) is 0 Å². The molecule has 0 bridgehead atoms. The summed E-state index contributed by atoms with van der Waals surface area (Å²) in [5, 5.41) is 11.1. The number of anilines is 1. The van der Waals surface area contributed by atoms with Gasteiger partial charge in [0, 0.05) is 25.7 Å². The molecule has 3 N–H and O–H groups in total. The van der Waals surface area contributed by atoms with E-state index in [1.54, 1.807) is 13.1 Å². The number of nitrogens with two attached hydrogens (primary N) is 1. The number of nitrogens with zero attached hydrogens (tertiary/aromatic N) is 4. The van der Waals surface area contributed by atoms with Crippen LogP contribution in [-0.4, -0.2) is 81.9 Å². The van der Waals surface area contributed by atoms with Crippen molar-refractivity contribution < 1.29 is 14.6 Å². The van der Waals surface area contributed by atoms with Gasteiger partial charge in [-0.2, -0.15) is 4.98 Å². The first-order valence-electron chi connectivity index (χ1n) is 9.25. The Bertz CT molecular complexity index is 752. The van der Waals surface area contributed by atoms with Crippen LogP contribution in [0.3, 0.4) is 0 Å². The van der Waals surface area contributed by atoms with Crippen molar-refractivity contribution in [1.82, 2.24) is 19.4 Å². The first-order valence-corrected chi connectivity index (χ1v) is 9.25. The van der Waals surface area contributed by atoms with E-state index in [0.717, 1.165) is 0 Å². The molecule has 1 amide bonds. The van der Waals surface area contributed by atoms with Gasteiger partial charge in [0.1, 0.15) is 5.82 Å². The average molecular weight is 379 g/mol. The maximum absolute atomic E-state index is 12.2. The van der Waals surface area contributed by atoms with Crippen LogP contribution in [0.2, 0.25) is 0 Å². The molecule has 9 heteroatoms. The molecule has 0 radical (unpaired) electrons. The Morgan fingerprint density at radius 2 is 2.11 bits per heavy atom. The van der Waals surface area contributed by atoms with Gasteiger partial charge in [0.25, 0.3) is 0 Å². The Kier molecular flexibility index (Phi) is 5.29. The average Bonchev–Trinajstić information content (AvgIpc) is 2.55. The molecule has 2 saturated heterocycles. The Balaban J connectivity index is 1.69. The molecule has 1 aromatic heterocycles. The van der Waals surface area contributed by atoms with Gasteiger partial charge in [-0.1, -0.05) is 0 Å². The largest absolute Gasteiger partial charge is 0.388 e. The van der Waals surface area contributed by atoms with Gasteiger partial charge in [-0.05, 0) is 39.9 Å². The summed E-state index contributed by atoms with van der Waals surface area (Å²) in [6, 6.07) is 1.01. The molecule has 1 aromatic rings. The van der Waals surface area contributed by atoms with Gasteiger partial charge < -0.3 is 25.4 Å². The predicted octanol–water partition coefficient (Wildman–Crippen LogP) is -0.539. The standard InChI is InChI=1S/C18H29N5O4/c1-17(26)12-18(5-8-22(9-6-18)15(24)10-21(2)3)27-11-13(17)23-7-4-14(19)20-16(23)25/h4,7,13,26H,5-6,8-12H2,1-3H3,(H2,19,20,25)/t13-,17-/m1/s1. The molecule has 0 aromatic carbocycles. The molecule has 2 atom stereocenters. The number of aromatic nitrogens is 2. The second-order valence-electron chi connectivity index (χ2n) is 8.20. The maximum atomic E-state index is 12.2. The fourth-order valence-corrected chi connectivity index (χ4v) is 4.15. The van der Waals surface area contributed by atoms with Gasteiger partial charge in [0.2, 0.25) is 5.91 Å². The molecule has 1 spiro atoms. The van der Waals surface area contributed by atoms with E-state index in [4.69, 9.17) is 10.5 Å². The van der Waals surface area contributed by atoms with Crippen molar-refractivity contribution in [2.75, 3.05) is 46.1 Å². The van der Waals surface area contributed by atoms with Gasteiger partial charge >= 0.3 is 5.69 Å². The van der Waals surface area contributed by atoms with E-state index in [-0.39, 0.29) is 18.3 Å². The molecule has 27 heavy (non-hydrogen) atoms. The molecule has 2 aliphatic heterocycles. The lowest BCUT2D eigenvalue weighted by atomic mass is 9.75. The quantitative estimate of drug-likeness (QED) is 0.725. The summed E-state index contributed by atoms with van der Waals surface area (Å²) in [6.07, 6.45) is 3.29. The molecule has 3 heterocycles. The number of hydrogen-bond acceptors (Lipinski definition) is 7. The van der Waals surface area contributed by atoms with Crippen LogP contribution in [0.4, 0.5) is 5.82 Å². The van der Waals surface area contributed by atoms with Crippen molar-refractivity contribution in [1.29, 1.82) is 0 Å². The number of carbonyl (C=O) groups is 1. The third kappa shape index (κ3) is 4.15. The zero-order valence-electron chi connectivity index (χ0n) is 16.2. The Morgan fingerprint density at radius 1 is 1.44 bits per heavy atom. The molecule has 9 nitrogen and oxygen atoms in total. The molecular weight excluding hydrogens is 350 g/mol. The van der Waals surface area contributed by atoms with Crippen molar-refractivity contribution in [2.45, 2.75) is 43.4 Å². The molecule has 0 saturated carbocycles. The highest BCUT2D eigenvalue weighted by molar-refractivity contribution is 5.78. The van der Waals surface area contributed by atoms with Crippen LogP contribution < -0.4 is 11.4 Å². The van der Waals surface area contributed by atoms with E-state index in [9.17, 15) is 14.7 Å². The van der Waals surface area contributed by atoms with Gasteiger partial charge in [-0.25, -0.2) is 4.79 Å². The number of aliphatic hydroxyl groups is 1. The summed E-state index contributed by atoms with van der Waals surface area (Å²) in [6.45, 7) is 3.55. The minimum Gasteiger partial charge on any atom is -0.388 e. The molecule has 3 rings (SSSR count). The fourth-order valence-electron chi connectivity index (χ4n) is 4.15. The summed E-state index contributed by atoms with van der Waals surface area (Å²) in [7, 11) is 3.75. The normalized spacial score (nSPS) is 27.9. The lowest BCUT2D eigenvalue weighted by Crippen LogP contribution is -2.59. The van der Waals surface area contributed by atoms with Gasteiger partial charge in [0.15, 0.2) is 0 Å². The highest BCUT2D eigenvalue weighted by atomic mass is 16.5. The number of likely N-dealkylation sites (tertiary alicyclic amines) is 1. The van der Waals surface area contributed by atoms with Gasteiger partial charge in [-0.3, -0.25) is 9.36 Å². The maximum Gasteiger partial charge on any atom is 0.349 e. The van der Waals surface area contributed by atoms with Gasteiger partial charge in [-0.15, -0.1) is 0 Å².